The molecule has 1 amide bonds. The first-order chi connectivity index (χ1) is 13.1. The number of benzene rings is 2. The number of rotatable bonds is 4. The number of aromatic nitrogens is 3. The van der Waals surface area contributed by atoms with Crippen LogP contribution in [0.15, 0.2) is 53.4 Å². The van der Waals surface area contributed by atoms with E-state index in [2.05, 4.69) is 15.6 Å². The lowest BCUT2D eigenvalue weighted by molar-refractivity contribution is -0.00174. The molecule has 0 spiro atoms. The van der Waals surface area contributed by atoms with Gasteiger partial charge in [0.25, 0.3) is 5.91 Å². The van der Waals surface area contributed by atoms with Crippen LogP contribution in [0.5, 0.6) is 0 Å². The smallest absolute Gasteiger partial charge is 0.278 e. The van der Waals surface area contributed by atoms with Crippen LogP contribution in [-0.2, 0) is 17.9 Å². The Hall–Kier alpha value is -2.71. The minimum Gasteiger partial charge on any atom is -0.365 e. The summed E-state index contributed by atoms with van der Waals surface area (Å²) in [4.78, 5) is 13.7. The SMILES string of the molecule is CSc1cccc(NC(=O)c2nnn3c2CO[C@H](c2ccc(F)cc2)C3)c1. The molecule has 2 heterocycles. The van der Waals surface area contributed by atoms with Gasteiger partial charge in [-0.15, -0.1) is 16.9 Å². The molecule has 0 aliphatic carbocycles. The van der Waals surface area contributed by atoms with Crippen molar-refractivity contribution in [3.05, 3.63) is 71.3 Å². The fourth-order valence-corrected chi connectivity index (χ4v) is 3.42. The Kier molecular flexibility index (Phi) is 4.91. The van der Waals surface area contributed by atoms with Crippen LogP contribution in [0, 0.1) is 5.82 Å². The maximum absolute atomic E-state index is 13.1. The van der Waals surface area contributed by atoms with Gasteiger partial charge in [-0.25, -0.2) is 9.07 Å². The summed E-state index contributed by atoms with van der Waals surface area (Å²) in [5.41, 5.74) is 2.45. The fraction of sp³-hybridized carbons (Fsp3) is 0.211. The molecule has 6 nitrogen and oxygen atoms in total. The van der Waals surface area contributed by atoms with Crippen LogP contribution in [0.1, 0.15) is 27.8 Å². The Morgan fingerprint density at radius 1 is 1.30 bits per heavy atom. The molecule has 4 rings (SSSR count). The fourth-order valence-electron chi connectivity index (χ4n) is 2.96. The van der Waals surface area contributed by atoms with Gasteiger partial charge in [-0.1, -0.05) is 23.4 Å². The van der Waals surface area contributed by atoms with Gasteiger partial charge >= 0.3 is 0 Å². The maximum atomic E-state index is 13.1. The van der Waals surface area contributed by atoms with Gasteiger partial charge in [0.2, 0.25) is 0 Å². The zero-order valence-corrected chi connectivity index (χ0v) is 15.4. The van der Waals surface area contributed by atoms with Crippen LogP contribution >= 0.6 is 11.8 Å². The van der Waals surface area contributed by atoms with Gasteiger partial charge in [0.15, 0.2) is 5.69 Å². The number of halogens is 1. The highest BCUT2D eigenvalue weighted by Gasteiger charge is 2.27. The van der Waals surface area contributed by atoms with Crippen molar-refractivity contribution in [2.45, 2.75) is 24.2 Å². The number of ether oxygens (including phenoxy) is 1. The van der Waals surface area contributed by atoms with E-state index in [9.17, 15) is 9.18 Å². The van der Waals surface area contributed by atoms with Crippen molar-refractivity contribution in [2.24, 2.45) is 0 Å². The lowest BCUT2D eigenvalue weighted by Gasteiger charge is -2.24. The number of anilines is 1. The van der Waals surface area contributed by atoms with E-state index in [1.165, 1.54) is 12.1 Å². The largest absolute Gasteiger partial charge is 0.365 e. The highest BCUT2D eigenvalue weighted by atomic mass is 32.2. The van der Waals surface area contributed by atoms with E-state index >= 15 is 0 Å². The first-order valence-corrected chi connectivity index (χ1v) is 9.61. The zero-order chi connectivity index (χ0) is 18.8. The molecule has 8 heteroatoms. The lowest BCUT2D eigenvalue weighted by atomic mass is 10.1. The second kappa shape index (κ2) is 7.50. The number of fused-ring (bicyclic) bond motifs is 1. The van der Waals surface area contributed by atoms with Crippen LogP contribution in [0.25, 0.3) is 0 Å². The maximum Gasteiger partial charge on any atom is 0.278 e. The second-order valence-electron chi connectivity index (χ2n) is 6.10. The number of nitrogens with zero attached hydrogens (tertiary/aromatic N) is 3. The number of carbonyl (C=O) groups excluding carboxylic acids is 1. The van der Waals surface area contributed by atoms with Crippen molar-refractivity contribution in [1.29, 1.82) is 0 Å². The first-order valence-electron chi connectivity index (χ1n) is 8.39. The van der Waals surface area contributed by atoms with Crippen LogP contribution in [-0.4, -0.2) is 27.2 Å². The minimum absolute atomic E-state index is 0.211. The van der Waals surface area contributed by atoms with E-state index in [0.717, 1.165) is 10.5 Å². The van der Waals surface area contributed by atoms with Crippen LogP contribution < -0.4 is 5.32 Å². The molecule has 0 unspecified atom stereocenters. The third-order valence-corrected chi connectivity index (χ3v) is 5.11. The van der Waals surface area contributed by atoms with Gasteiger partial charge in [0.1, 0.15) is 11.9 Å². The molecule has 1 aromatic heterocycles. The minimum atomic E-state index is -0.321. The van der Waals surface area contributed by atoms with Crippen molar-refractivity contribution < 1.29 is 13.9 Å². The second-order valence-corrected chi connectivity index (χ2v) is 6.98. The van der Waals surface area contributed by atoms with E-state index in [1.54, 1.807) is 28.6 Å². The molecule has 0 radical (unpaired) electrons. The summed E-state index contributed by atoms with van der Waals surface area (Å²) in [5, 5.41) is 11.0. The molecule has 0 saturated carbocycles. The predicted octanol–water partition coefficient (Wildman–Crippen LogP) is 3.66. The summed E-state index contributed by atoms with van der Waals surface area (Å²) in [7, 11) is 0. The number of hydrogen-bond donors (Lipinski definition) is 1. The number of nitrogens with one attached hydrogen (secondary N) is 1. The quantitative estimate of drug-likeness (QED) is 0.695. The summed E-state index contributed by atoms with van der Waals surface area (Å²) in [6, 6.07) is 13.8. The van der Waals surface area contributed by atoms with E-state index in [-0.39, 0.29) is 30.1 Å². The third-order valence-electron chi connectivity index (χ3n) is 4.38. The molecule has 138 valence electrons. The Morgan fingerprint density at radius 3 is 2.89 bits per heavy atom. The van der Waals surface area contributed by atoms with Gasteiger partial charge in [0.05, 0.1) is 18.8 Å². The van der Waals surface area contributed by atoms with Crippen molar-refractivity contribution >= 4 is 23.4 Å². The molecule has 2 aromatic carbocycles. The predicted molar refractivity (Wildman–Crippen MR) is 100 cm³/mol. The standard InChI is InChI=1S/C19H17FN4O2S/c1-27-15-4-2-3-14(9-15)21-19(25)18-16-11-26-17(10-24(16)23-22-18)12-5-7-13(20)8-6-12/h2-9,17H,10-11H2,1H3,(H,21,25)/t17-/m0/s1. The summed E-state index contributed by atoms with van der Waals surface area (Å²) in [6.07, 6.45) is 1.72. The van der Waals surface area contributed by atoms with Gasteiger partial charge in [0, 0.05) is 10.6 Å². The van der Waals surface area contributed by atoms with Crippen LogP contribution in [0.3, 0.4) is 0 Å². The molecule has 1 aliphatic heterocycles. The molecule has 0 fully saturated rings. The van der Waals surface area contributed by atoms with E-state index < -0.39 is 0 Å². The lowest BCUT2D eigenvalue weighted by Crippen LogP contribution is -2.24. The van der Waals surface area contributed by atoms with Gasteiger partial charge in [-0.3, -0.25) is 4.79 Å². The van der Waals surface area contributed by atoms with Crippen molar-refractivity contribution in [1.82, 2.24) is 15.0 Å². The van der Waals surface area contributed by atoms with Crippen LogP contribution in [0.2, 0.25) is 0 Å². The normalized spacial score (nSPS) is 16.0. The Balaban J connectivity index is 1.50. The zero-order valence-electron chi connectivity index (χ0n) is 14.6. The number of hydrogen-bond acceptors (Lipinski definition) is 5. The highest BCUT2D eigenvalue weighted by molar-refractivity contribution is 7.98. The molecule has 3 aromatic rings. The molecular formula is C19H17FN4O2S. The highest BCUT2D eigenvalue weighted by Crippen LogP contribution is 2.27. The molecule has 27 heavy (non-hydrogen) atoms. The Labute approximate surface area is 159 Å². The number of carbonyl (C=O) groups is 1. The number of amides is 1. The molecule has 1 aliphatic rings. The number of thioether (sulfide) groups is 1. The molecule has 1 N–H and O–H groups in total. The molecule has 1 atom stereocenters. The van der Waals surface area contributed by atoms with Crippen molar-refractivity contribution in [3.63, 3.8) is 0 Å². The average Bonchev–Trinajstić information content (AvgIpc) is 3.12. The average molecular weight is 384 g/mol. The Morgan fingerprint density at radius 2 is 2.11 bits per heavy atom. The monoisotopic (exact) mass is 384 g/mol. The van der Waals surface area contributed by atoms with E-state index in [0.29, 0.717) is 17.9 Å². The molecule has 0 bridgehead atoms. The summed E-state index contributed by atoms with van der Waals surface area (Å²) in [6.45, 7) is 0.631. The van der Waals surface area contributed by atoms with Gasteiger partial charge in [-0.05, 0) is 42.2 Å². The first kappa shape index (κ1) is 17.7. The van der Waals surface area contributed by atoms with Crippen LogP contribution in [0.4, 0.5) is 10.1 Å². The topological polar surface area (TPSA) is 69.0 Å². The van der Waals surface area contributed by atoms with E-state index in [4.69, 9.17) is 4.74 Å². The summed E-state index contributed by atoms with van der Waals surface area (Å²) in [5.74, 6) is -0.612. The Bertz CT molecular complexity index is 974. The van der Waals surface area contributed by atoms with Gasteiger partial charge in [-0.2, -0.15) is 0 Å². The molecule has 0 saturated heterocycles. The van der Waals surface area contributed by atoms with Gasteiger partial charge < -0.3 is 10.1 Å². The van der Waals surface area contributed by atoms with E-state index in [1.807, 2.05) is 30.5 Å². The summed E-state index contributed by atoms with van der Waals surface area (Å²) < 4.78 is 20.6. The van der Waals surface area contributed by atoms with Crippen molar-refractivity contribution in [2.75, 3.05) is 11.6 Å². The van der Waals surface area contributed by atoms with Crippen molar-refractivity contribution in [3.8, 4) is 0 Å². The molecular weight excluding hydrogens is 367 g/mol. The summed E-state index contributed by atoms with van der Waals surface area (Å²) >= 11 is 1.60. The third kappa shape index (κ3) is 3.72.